The first-order chi connectivity index (χ1) is 16.0. The molecule has 1 N–H and O–H groups in total. The molecule has 0 spiro atoms. The zero-order valence-electron chi connectivity index (χ0n) is 20.2. The molecule has 1 unspecified atom stereocenters. The van der Waals surface area contributed by atoms with E-state index in [0.29, 0.717) is 13.0 Å². The van der Waals surface area contributed by atoms with Crippen molar-refractivity contribution in [2.24, 2.45) is 0 Å². The van der Waals surface area contributed by atoms with Gasteiger partial charge in [-0.25, -0.2) is 12.8 Å². The van der Waals surface area contributed by atoms with Gasteiger partial charge in [0.1, 0.15) is 24.2 Å². The molecule has 0 saturated heterocycles. The van der Waals surface area contributed by atoms with E-state index in [-0.39, 0.29) is 23.5 Å². The van der Waals surface area contributed by atoms with Crippen molar-refractivity contribution >= 4 is 27.5 Å². The van der Waals surface area contributed by atoms with Gasteiger partial charge in [0, 0.05) is 18.7 Å². The summed E-state index contributed by atoms with van der Waals surface area (Å²) in [6.07, 6.45) is 1.69. The highest BCUT2D eigenvalue weighted by Crippen LogP contribution is 2.31. The Hall–Kier alpha value is -3.14. The molecule has 0 aliphatic heterocycles. The topological polar surface area (TPSA) is 96.0 Å². The molecule has 2 rings (SSSR count). The molecule has 0 radical (unpaired) electrons. The predicted molar refractivity (Wildman–Crippen MR) is 130 cm³/mol. The minimum absolute atomic E-state index is 0.200. The van der Waals surface area contributed by atoms with E-state index in [0.717, 1.165) is 16.1 Å². The lowest BCUT2D eigenvalue weighted by molar-refractivity contribution is -0.139. The summed E-state index contributed by atoms with van der Waals surface area (Å²) in [5.41, 5.74) is 1.18. The van der Waals surface area contributed by atoms with Crippen molar-refractivity contribution in [3.63, 3.8) is 0 Å². The van der Waals surface area contributed by atoms with E-state index in [9.17, 15) is 22.4 Å². The van der Waals surface area contributed by atoms with E-state index in [1.165, 1.54) is 37.1 Å². The summed E-state index contributed by atoms with van der Waals surface area (Å²) in [5.74, 6) is -1.32. The maximum Gasteiger partial charge on any atom is 0.244 e. The smallest absolute Gasteiger partial charge is 0.244 e. The first-order valence-corrected chi connectivity index (χ1v) is 12.8. The standard InChI is InChI=1S/C24H32FN3O5S/c1-6-13-26-24(30)18(3)27(15-19-9-7-8-10-20(19)25)23(29)16-28(34(5,31)32)21-14-17(2)11-12-22(21)33-4/h7-12,14,18H,6,13,15-16H2,1-5H3,(H,26,30). The molecule has 2 aromatic rings. The lowest BCUT2D eigenvalue weighted by atomic mass is 10.1. The van der Waals surface area contributed by atoms with Gasteiger partial charge in [0.05, 0.1) is 19.1 Å². The number of sulfonamides is 1. The minimum atomic E-state index is -3.91. The van der Waals surface area contributed by atoms with Gasteiger partial charge >= 0.3 is 0 Å². The van der Waals surface area contributed by atoms with E-state index >= 15 is 0 Å². The fourth-order valence-electron chi connectivity index (χ4n) is 3.38. The van der Waals surface area contributed by atoms with Crippen LogP contribution in [0.3, 0.4) is 0 Å². The van der Waals surface area contributed by atoms with Gasteiger partial charge in [-0.2, -0.15) is 0 Å². The van der Waals surface area contributed by atoms with Crippen molar-refractivity contribution in [3.8, 4) is 5.75 Å². The van der Waals surface area contributed by atoms with Crippen molar-refractivity contribution in [3.05, 3.63) is 59.4 Å². The Bertz CT molecular complexity index is 1120. The molecule has 2 amide bonds. The molecule has 8 nitrogen and oxygen atoms in total. The Labute approximate surface area is 200 Å². The summed E-state index contributed by atoms with van der Waals surface area (Å²) < 4.78 is 46.0. The van der Waals surface area contributed by atoms with Crippen LogP contribution < -0.4 is 14.4 Å². The van der Waals surface area contributed by atoms with E-state index in [4.69, 9.17) is 4.74 Å². The molecule has 0 aromatic heterocycles. The van der Waals surface area contributed by atoms with Crippen LogP contribution in [-0.4, -0.2) is 57.6 Å². The average Bonchev–Trinajstić information content (AvgIpc) is 2.79. The molecular weight excluding hydrogens is 461 g/mol. The van der Waals surface area contributed by atoms with Crippen LogP contribution in [0, 0.1) is 12.7 Å². The number of amides is 2. The van der Waals surface area contributed by atoms with E-state index in [2.05, 4.69) is 5.32 Å². The third-order valence-corrected chi connectivity index (χ3v) is 6.42. The van der Waals surface area contributed by atoms with Crippen LogP contribution in [0.15, 0.2) is 42.5 Å². The highest BCUT2D eigenvalue weighted by atomic mass is 32.2. The molecule has 1 atom stereocenters. The Kier molecular flexibility index (Phi) is 9.43. The number of halogens is 1. The SMILES string of the molecule is CCCNC(=O)C(C)N(Cc1ccccc1F)C(=O)CN(c1cc(C)ccc1OC)S(C)(=O)=O. The number of methoxy groups -OCH3 is 1. The lowest BCUT2D eigenvalue weighted by Crippen LogP contribution is -2.51. The van der Waals surface area contributed by atoms with Crippen molar-refractivity contribution in [2.45, 2.75) is 39.8 Å². The fourth-order valence-corrected chi connectivity index (χ4v) is 4.22. The summed E-state index contributed by atoms with van der Waals surface area (Å²) in [4.78, 5) is 27.3. The second-order valence-electron chi connectivity index (χ2n) is 8.02. The normalized spacial score (nSPS) is 12.1. The van der Waals surface area contributed by atoms with E-state index < -0.39 is 40.2 Å². The number of hydrogen-bond acceptors (Lipinski definition) is 5. The van der Waals surface area contributed by atoms with Crippen molar-refractivity contribution in [1.82, 2.24) is 10.2 Å². The largest absolute Gasteiger partial charge is 0.495 e. The van der Waals surface area contributed by atoms with Gasteiger partial charge < -0.3 is 15.0 Å². The number of carbonyl (C=O) groups excluding carboxylic acids is 2. The number of nitrogens with zero attached hydrogens (tertiary/aromatic N) is 2. The zero-order chi connectivity index (χ0) is 25.5. The molecule has 0 heterocycles. The summed E-state index contributed by atoms with van der Waals surface area (Å²) in [6.45, 7) is 4.85. The molecule has 0 fully saturated rings. The molecule has 0 saturated carbocycles. The minimum Gasteiger partial charge on any atom is -0.495 e. The first kappa shape index (κ1) is 27.1. The van der Waals surface area contributed by atoms with Gasteiger partial charge in [-0.15, -0.1) is 0 Å². The number of anilines is 1. The second-order valence-corrected chi connectivity index (χ2v) is 9.93. The van der Waals surface area contributed by atoms with Crippen molar-refractivity contribution in [1.29, 1.82) is 0 Å². The van der Waals surface area contributed by atoms with Crippen molar-refractivity contribution < 1.29 is 27.1 Å². The second kappa shape index (κ2) is 11.8. The molecule has 0 aliphatic carbocycles. The summed E-state index contributed by atoms with van der Waals surface area (Å²) in [6, 6.07) is 9.96. The number of hydrogen-bond donors (Lipinski definition) is 1. The molecule has 2 aromatic carbocycles. The van der Waals surface area contributed by atoms with Crippen LogP contribution in [0.2, 0.25) is 0 Å². The number of rotatable bonds is 11. The quantitative estimate of drug-likeness (QED) is 0.519. The number of nitrogens with one attached hydrogen (secondary N) is 1. The summed E-state index contributed by atoms with van der Waals surface area (Å²) in [5, 5.41) is 2.73. The maximum atomic E-state index is 14.4. The van der Waals surface area contributed by atoms with Crippen LogP contribution in [0.4, 0.5) is 10.1 Å². The molecule has 186 valence electrons. The highest BCUT2D eigenvalue weighted by molar-refractivity contribution is 7.92. The van der Waals surface area contributed by atoms with E-state index in [1.807, 2.05) is 6.92 Å². The summed E-state index contributed by atoms with van der Waals surface area (Å²) >= 11 is 0. The van der Waals surface area contributed by atoms with Crippen LogP contribution >= 0.6 is 0 Å². The average molecular weight is 494 g/mol. The number of benzene rings is 2. The number of aryl methyl sites for hydroxylation is 1. The molecule has 0 bridgehead atoms. The van der Waals surface area contributed by atoms with Gasteiger partial charge in [-0.05, 0) is 44.0 Å². The Balaban J connectivity index is 2.46. The Morgan fingerprint density at radius 1 is 1.18 bits per heavy atom. The molecule has 34 heavy (non-hydrogen) atoms. The van der Waals surface area contributed by atoms with Gasteiger partial charge in [0.25, 0.3) is 0 Å². The Morgan fingerprint density at radius 2 is 1.85 bits per heavy atom. The van der Waals surface area contributed by atoms with Crippen LogP contribution in [0.25, 0.3) is 0 Å². The predicted octanol–water partition coefficient (Wildman–Crippen LogP) is 2.85. The van der Waals surface area contributed by atoms with Gasteiger partial charge in [-0.3, -0.25) is 13.9 Å². The third kappa shape index (κ3) is 6.93. The zero-order valence-corrected chi connectivity index (χ0v) is 21.0. The van der Waals surface area contributed by atoms with Gasteiger partial charge in [0.15, 0.2) is 0 Å². The highest BCUT2D eigenvalue weighted by Gasteiger charge is 2.31. The van der Waals surface area contributed by atoms with E-state index in [1.54, 1.807) is 31.2 Å². The first-order valence-electron chi connectivity index (χ1n) is 10.9. The monoisotopic (exact) mass is 493 g/mol. The molecule has 10 heteroatoms. The van der Waals surface area contributed by atoms with Crippen LogP contribution in [-0.2, 0) is 26.2 Å². The lowest BCUT2D eigenvalue weighted by Gasteiger charge is -2.32. The number of ether oxygens (including phenoxy) is 1. The van der Waals surface area contributed by atoms with Crippen LogP contribution in [0.5, 0.6) is 5.75 Å². The molecule has 0 aliphatic rings. The summed E-state index contributed by atoms with van der Waals surface area (Å²) in [7, 11) is -2.50. The number of carbonyl (C=O) groups is 2. The van der Waals surface area contributed by atoms with Crippen LogP contribution in [0.1, 0.15) is 31.4 Å². The third-order valence-electron chi connectivity index (χ3n) is 5.30. The van der Waals surface area contributed by atoms with Gasteiger partial charge in [-0.1, -0.05) is 31.2 Å². The fraction of sp³-hybridized carbons (Fsp3) is 0.417. The Morgan fingerprint density at radius 3 is 2.44 bits per heavy atom. The van der Waals surface area contributed by atoms with Gasteiger partial charge in [0.2, 0.25) is 21.8 Å². The maximum absolute atomic E-state index is 14.4. The molecular formula is C24H32FN3O5S. The van der Waals surface area contributed by atoms with Crippen molar-refractivity contribution in [2.75, 3.05) is 30.8 Å².